The molecule has 5 nitrogen and oxygen atoms in total. The Balaban J connectivity index is 1.99. The number of hydrogen-bond donors (Lipinski definition) is 0. The number of rotatable bonds is 7. The predicted octanol–water partition coefficient (Wildman–Crippen LogP) is 5.20. The van der Waals surface area contributed by atoms with Gasteiger partial charge in [-0.15, -0.1) is 10.2 Å². The molecule has 0 fully saturated rings. The summed E-state index contributed by atoms with van der Waals surface area (Å²) in [6.07, 6.45) is 0. The summed E-state index contributed by atoms with van der Waals surface area (Å²) in [5.41, 5.74) is 1.64. The van der Waals surface area contributed by atoms with Gasteiger partial charge in [0.25, 0.3) is 0 Å². The van der Waals surface area contributed by atoms with Crippen molar-refractivity contribution in [3.05, 3.63) is 60.4 Å². The fraction of sp³-hybridized carbons (Fsp3) is 0.348. The molecule has 3 aromatic rings. The Kier molecular flexibility index (Phi) is 6.92. The fourth-order valence-corrected chi connectivity index (χ4v) is 4.39. The van der Waals surface area contributed by atoms with Gasteiger partial charge in [-0.3, -0.25) is 9.36 Å². The third-order valence-electron chi connectivity index (χ3n) is 4.75. The number of amides is 1. The van der Waals surface area contributed by atoms with Gasteiger partial charge in [0.05, 0.1) is 5.25 Å². The van der Waals surface area contributed by atoms with Gasteiger partial charge in [0, 0.05) is 23.3 Å². The fourth-order valence-electron chi connectivity index (χ4n) is 3.47. The molecule has 158 valence electrons. The van der Waals surface area contributed by atoms with Crippen molar-refractivity contribution in [2.45, 2.75) is 57.1 Å². The Bertz CT molecular complexity index is 978. The normalized spacial score (nSPS) is 12.4. The number of halogens is 1. The van der Waals surface area contributed by atoms with Crippen molar-refractivity contribution >= 4 is 17.7 Å². The van der Waals surface area contributed by atoms with Crippen LogP contribution in [0.5, 0.6) is 0 Å². The summed E-state index contributed by atoms with van der Waals surface area (Å²) in [5.74, 6) is 0.365. The molecule has 1 unspecified atom stereocenters. The van der Waals surface area contributed by atoms with Gasteiger partial charge in [-0.05, 0) is 71.0 Å². The number of para-hydroxylation sites is 1. The van der Waals surface area contributed by atoms with Crippen LogP contribution in [0.1, 0.15) is 34.6 Å². The molecule has 0 saturated carbocycles. The van der Waals surface area contributed by atoms with Crippen molar-refractivity contribution < 1.29 is 9.18 Å². The maximum atomic E-state index is 13.4. The molecule has 1 aromatic heterocycles. The molecule has 0 bridgehead atoms. The highest BCUT2D eigenvalue weighted by Crippen LogP contribution is 2.31. The van der Waals surface area contributed by atoms with Crippen molar-refractivity contribution in [2.75, 3.05) is 0 Å². The highest BCUT2D eigenvalue weighted by Gasteiger charge is 2.28. The molecular weight excluding hydrogens is 399 g/mol. The van der Waals surface area contributed by atoms with E-state index in [1.807, 2.05) is 74.4 Å². The van der Waals surface area contributed by atoms with E-state index in [2.05, 4.69) is 10.2 Å². The maximum Gasteiger partial charge on any atom is 0.236 e. The molecular formula is C23H27FN4OS. The topological polar surface area (TPSA) is 51.0 Å². The minimum absolute atomic E-state index is 0.0657. The molecule has 3 rings (SSSR count). The van der Waals surface area contributed by atoms with Crippen molar-refractivity contribution in [2.24, 2.45) is 0 Å². The van der Waals surface area contributed by atoms with Crippen LogP contribution in [-0.2, 0) is 4.79 Å². The van der Waals surface area contributed by atoms with E-state index in [1.54, 1.807) is 12.1 Å². The van der Waals surface area contributed by atoms with Gasteiger partial charge in [0.15, 0.2) is 11.0 Å². The summed E-state index contributed by atoms with van der Waals surface area (Å²) in [4.78, 5) is 15.0. The monoisotopic (exact) mass is 426 g/mol. The molecule has 7 heteroatoms. The molecule has 0 spiro atoms. The zero-order valence-electron chi connectivity index (χ0n) is 17.9. The molecule has 30 heavy (non-hydrogen) atoms. The first kappa shape index (κ1) is 22.0. The smallest absolute Gasteiger partial charge is 0.236 e. The van der Waals surface area contributed by atoms with E-state index in [0.717, 1.165) is 11.3 Å². The Morgan fingerprint density at radius 2 is 1.53 bits per heavy atom. The zero-order valence-corrected chi connectivity index (χ0v) is 18.7. The predicted molar refractivity (Wildman–Crippen MR) is 119 cm³/mol. The summed E-state index contributed by atoms with van der Waals surface area (Å²) >= 11 is 1.38. The lowest BCUT2D eigenvalue weighted by Gasteiger charge is -2.32. The molecule has 2 aromatic carbocycles. The van der Waals surface area contributed by atoms with Crippen molar-refractivity contribution in [1.29, 1.82) is 0 Å². The molecule has 0 N–H and O–H groups in total. The van der Waals surface area contributed by atoms with E-state index in [-0.39, 0.29) is 29.1 Å². The van der Waals surface area contributed by atoms with E-state index in [0.29, 0.717) is 11.0 Å². The molecule has 1 atom stereocenters. The van der Waals surface area contributed by atoms with Gasteiger partial charge in [-0.25, -0.2) is 4.39 Å². The van der Waals surface area contributed by atoms with Crippen molar-refractivity contribution in [1.82, 2.24) is 19.7 Å². The van der Waals surface area contributed by atoms with E-state index >= 15 is 0 Å². The van der Waals surface area contributed by atoms with E-state index in [1.165, 1.54) is 23.9 Å². The van der Waals surface area contributed by atoms with Gasteiger partial charge in [-0.2, -0.15) is 0 Å². The lowest BCUT2D eigenvalue weighted by Crippen LogP contribution is -2.45. The van der Waals surface area contributed by atoms with Crippen LogP contribution in [0.2, 0.25) is 0 Å². The average Bonchev–Trinajstić information content (AvgIpc) is 3.12. The number of nitrogens with zero attached hydrogens (tertiary/aromatic N) is 4. The van der Waals surface area contributed by atoms with E-state index < -0.39 is 0 Å². The Morgan fingerprint density at radius 3 is 2.10 bits per heavy atom. The largest absolute Gasteiger partial charge is 0.337 e. The van der Waals surface area contributed by atoms with Crippen LogP contribution in [0.3, 0.4) is 0 Å². The zero-order chi connectivity index (χ0) is 21.8. The second-order valence-corrected chi connectivity index (χ2v) is 8.99. The van der Waals surface area contributed by atoms with E-state index in [9.17, 15) is 9.18 Å². The minimum atomic E-state index is -0.331. The average molecular weight is 427 g/mol. The van der Waals surface area contributed by atoms with E-state index in [4.69, 9.17) is 0 Å². The summed E-state index contributed by atoms with van der Waals surface area (Å²) < 4.78 is 15.3. The lowest BCUT2D eigenvalue weighted by molar-refractivity contribution is -0.133. The Morgan fingerprint density at radius 1 is 0.933 bits per heavy atom. The number of carbonyl (C=O) groups excluding carboxylic acids is 1. The highest BCUT2D eigenvalue weighted by molar-refractivity contribution is 8.00. The second-order valence-electron chi connectivity index (χ2n) is 7.68. The first-order chi connectivity index (χ1) is 14.3. The van der Waals surface area contributed by atoms with Crippen LogP contribution >= 0.6 is 11.8 Å². The molecule has 0 radical (unpaired) electrons. The number of benzene rings is 2. The van der Waals surface area contributed by atoms with Gasteiger partial charge in [-0.1, -0.05) is 30.0 Å². The number of hydrogen-bond acceptors (Lipinski definition) is 4. The summed E-state index contributed by atoms with van der Waals surface area (Å²) in [6.45, 7) is 9.98. The summed E-state index contributed by atoms with van der Waals surface area (Å²) in [6, 6.07) is 16.1. The molecule has 1 heterocycles. The number of aromatic nitrogens is 3. The first-order valence-corrected chi connectivity index (χ1v) is 10.9. The van der Waals surface area contributed by atoms with Gasteiger partial charge < -0.3 is 4.90 Å². The summed E-state index contributed by atoms with van der Waals surface area (Å²) in [5, 5.41) is 9.03. The molecule has 0 saturated heterocycles. The Labute approximate surface area is 181 Å². The quantitative estimate of drug-likeness (QED) is 0.487. The SMILES string of the molecule is CC(Sc1nnc(-c2ccc(F)cc2)n1-c1ccccc1)C(=O)N(C(C)C)C(C)C. The van der Waals surface area contributed by atoms with Crippen molar-refractivity contribution in [3.8, 4) is 17.1 Å². The van der Waals surface area contributed by atoms with Crippen LogP contribution in [0.25, 0.3) is 17.1 Å². The minimum Gasteiger partial charge on any atom is -0.337 e. The third kappa shape index (κ3) is 4.73. The maximum absolute atomic E-state index is 13.4. The number of carbonyl (C=O) groups is 1. The first-order valence-electron chi connectivity index (χ1n) is 10.0. The molecule has 1 amide bonds. The standard InChI is InChI=1S/C23H27FN4OS/c1-15(2)27(16(3)4)22(29)17(5)30-23-26-25-21(18-11-13-19(24)14-12-18)28(23)20-9-7-6-8-10-20/h6-17H,1-5H3. The van der Waals surface area contributed by atoms with Crippen LogP contribution in [-0.4, -0.2) is 42.9 Å². The van der Waals surface area contributed by atoms with Crippen LogP contribution in [0.15, 0.2) is 59.8 Å². The van der Waals surface area contributed by atoms with Gasteiger partial charge >= 0.3 is 0 Å². The Hall–Kier alpha value is -2.67. The highest BCUT2D eigenvalue weighted by atomic mass is 32.2. The second kappa shape index (κ2) is 9.43. The third-order valence-corrected chi connectivity index (χ3v) is 5.78. The lowest BCUT2D eigenvalue weighted by atomic mass is 10.2. The van der Waals surface area contributed by atoms with Crippen molar-refractivity contribution in [3.63, 3.8) is 0 Å². The molecule has 0 aliphatic rings. The van der Waals surface area contributed by atoms with Gasteiger partial charge in [0.2, 0.25) is 5.91 Å². The van der Waals surface area contributed by atoms with Gasteiger partial charge in [0.1, 0.15) is 5.82 Å². The summed E-state index contributed by atoms with van der Waals surface area (Å²) in [7, 11) is 0. The molecule has 0 aliphatic carbocycles. The molecule has 0 aliphatic heterocycles. The number of thioether (sulfide) groups is 1. The van der Waals surface area contributed by atoms with Crippen LogP contribution in [0, 0.1) is 5.82 Å². The van der Waals surface area contributed by atoms with Crippen LogP contribution in [0.4, 0.5) is 4.39 Å². The van der Waals surface area contributed by atoms with Crippen LogP contribution < -0.4 is 0 Å².